The lowest BCUT2D eigenvalue weighted by Gasteiger charge is -2.31. The first-order valence-corrected chi connectivity index (χ1v) is 11.9. The van der Waals surface area contributed by atoms with E-state index < -0.39 is 6.04 Å². The topological polar surface area (TPSA) is 67.9 Å². The predicted molar refractivity (Wildman–Crippen MR) is 130 cm³/mol. The molecule has 0 aliphatic heterocycles. The highest BCUT2D eigenvalue weighted by molar-refractivity contribution is 6.36. The van der Waals surface area contributed by atoms with Crippen molar-refractivity contribution >= 4 is 35.0 Å². The van der Waals surface area contributed by atoms with E-state index in [0.29, 0.717) is 27.1 Å². The zero-order valence-electron chi connectivity index (χ0n) is 19.0. The van der Waals surface area contributed by atoms with Gasteiger partial charge in [-0.05, 0) is 44.0 Å². The Balaban J connectivity index is 1.77. The maximum Gasteiger partial charge on any atom is 0.261 e. The van der Waals surface area contributed by atoms with Crippen LogP contribution in [0, 0.1) is 0 Å². The molecular weight excluding hydrogens is 463 g/mol. The van der Waals surface area contributed by atoms with Gasteiger partial charge in [0.2, 0.25) is 5.91 Å². The number of hydrogen-bond acceptors (Lipinski definition) is 4. The van der Waals surface area contributed by atoms with Crippen LogP contribution in [0.15, 0.2) is 42.5 Å². The lowest BCUT2D eigenvalue weighted by molar-refractivity contribution is -0.142. The van der Waals surface area contributed by atoms with Crippen LogP contribution in [0.3, 0.4) is 0 Å². The molecule has 8 heteroatoms. The predicted octanol–water partition coefficient (Wildman–Crippen LogP) is 5.25. The number of carbonyl (C=O) groups is 2. The fraction of sp³-hybridized carbons (Fsp3) is 0.440. The Kier molecular flexibility index (Phi) is 9.27. The van der Waals surface area contributed by atoms with Crippen molar-refractivity contribution in [2.24, 2.45) is 0 Å². The van der Waals surface area contributed by atoms with Gasteiger partial charge in [0, 0.05) is 28.2 Å². The molecule has 1 aliphatic carbocycles. The van der Waals surface area contributed by atoms with Gasteiger partial charge in [-0.1, -0.05) is 60.7 Å². The van der Waals surface area contributed by atoms with E-state index >= 15 is 0 Å². The molecule has 178 valence electrons. The van der Waals surface area contributed by atoms with Gasteiger partial charge < -0.3 is 19.7 Å². The summed E-state index contributed by atoms with van der Waals surface area (Å²) >= 11 is 12.7. The summed E-state index contributed by atoms with van der Waals surface area (Å²) in [5, 5.41) is 3.97. The summed E-state index contributed by atoms with van der Waals surface area (Å²) in [5.41, 5.74) is 0.587. The number of ether oxygens (including phenoxy) is 2. The Bertz CT molecular complexity index is 943. The maximum absolute atomic E-state index is 13.3. The smallest absolute Gasteiger partial charge is 0.261 e. The Morgan fingerprint density at radius 3 is 2.30 bits per heavy atom. The van der Waals surface area contributed by atoms with Crippen molar-refractivity contribution in [1.29, 1.82) is 0 Å². The summed E-state index contributed by atoms with van der Waals surface area (Å²) in [4.78, 5) is 27.8. The first kappa shape index (κ1) is 25.2. The summed E-state index contributed by atoms with van der Waals surface area (Å²) in [7, 11) is 1.54. The van der Waals surface area contributed by atoms with E-state index in [-0.39, 0.29) is 31.0 Å². The average molecular weight is 493 g/mol. The summed E-state index contributed by atoms with van der Waals surface area (Å²) in [5.74, 6) is 0.413. The molecule has 1 aliphatic rings. The number of para-hydroxylation sites is 2. The van der Waals surface area contributed by atoms with Crippen LogP contribution in [0.25, 0.3) is 0 Å². The number of carbonyl (C=O) groups excluding carboxylic acids is 2. The number of rotatable bonds is 9. The molecule has 33 heavy (non-hydrogen) atoms. The van der Waals surface area contributed by atoms with Crippen LogP contribution in [0.4, 0.5) is 0 Å². The van der Waals surface area contributed by atoms with E-state index in [0.717, 1.165) is 25.7 Å². The van der Waals surface area contributed by atoms with Gasteiger partial charge in [-0.2, -0.15) is 0 Å². The molecule has 1 saturated carbocycles. The molecule has 0 bridgehead atoms. The van der Waals surface area contributed by atoms with Gasteiger partial charge in [-0.15, -0.1) is 0 Å². The van der Waals surface area contributed by atoms with E-state index in [4.69, 9.17) is 32.7 Å². The standard InChI is InChI=1S/C25H30Cl2N2O4/c1-17(25(31)28-18-9-4-3-5-10-18)29(15-19-20(26)11-8-12-21(19)27)24(30)16-33-23-14-7-6-13-22(23)32-2/h6-8,11-14,17-18H,3-5,9-10,15-16H2,1-2H3,(H,28,31)/t17-/m0/s1. The van der Waals surface area contributed by atoms with Crippen molar-refractivity contribution in [3.05, 3.63) is 58.1 Å². The molecule has 2 aromatic carbocycles. The Hall–Kier alpha value is -2.44. The number of benzene rings is 2. The highest BCUT2D eigenvalue weighted by Crippen LogP contribution is 2.28. The Morgan fingerprint density at radius 1 is 1.03 bits per heavy atom. The summed E-state index contributed by atoms with van der Waals surface area (Å²) in [6, 6.07) is 11.7. The van der Waals surface area contributed by atoms with Gasteiger partial charge in [-0.25, -0.2) is 0 Å². The minimum Gasteiger partial charge on any atom is -0.493 e. The van der Waals surface area contributed by atoms with Crippen LogP contribution in [0.2, 0.25) is 10.0 Å². The van der Waals surface area contributed by atoms with Gasteiger partial charge in [0.1, 0.15) is 6.04 Å². The third-order valence-electron chi connectivity index (χ3n) is 5.93. The van der Waals surface area contributed by atoms with Crippen LogP contribution in [0.1, 0.15) is 44.6 Å². The van der Waals surface area contributed by atoms with E-state index in [9.17, 15) is 9.59 Å². The second-order valence-electron chi connectivity index (χ2n) is 8.18. The van der Waals surface area contributed by atoms with Crippen LogP contribution >= 0.6 is 23.2 Å². The quantitative estimate of drug-likeness (QED) is 0.519. The highest BCUT2D eigenvalue weighted by Gasteiger charge is 2.29. The molecule has 1 N–H and O–H groups in total. The van der Waals surface area contributed by atoms with Gasteiger partial charge in [0.25, 0.3) is 5.91 Å². The zero-order chi connectivity index (χ0) is 23.8. The SMILES string of the molecule is COc1ccccc1OCC(=O)N(Cc1c(Cl)cccc1Cl)[C@@H](C)C(=O)NC1CCCCC1. The third-order valence-corrected chi connectivity index (χ3v) is 6.64. The maximum atomic E-state index is 13.3. The van der Waals surface area contributed by atoms with Gasteiger partial charge in [0.15, 0.2) is 18.1 Å². The van der Waals surface area contributed by atoms with E-state index in [2.05, 4.69) is 5.32 Å². The average Bonchev–Trinajstić information content (AvgIpc) is 2.82. The number of amides is 2. The van der Waals surface area contributed by atoms with Crippen molar-refractivity contribution < 1.29 is 19.1 Å². The molecule has 2 aromatic rings. The number of methoxy groups -OCH3 is 1. The largest absolute Gasteiger partial charge is 0.493 e. The van der Waals surface area contributed by atoms with Gasteiger partial charge >= 0.3 is 0 Å². The summed E-state index contributed by atoms with van der Waals surface area (Å²) < 4.78 is 11.0. The zero-order valence-corrected chi connectivity index (χ0v) is 20.5. The van der Waals surface area contributed by atoms with Gasteiger partial charge in [0.05, 0.1) is 7.11 Å². The van der Waals surface area contributed by atoms with Crippen molar-refractivity contribution in [3.63, 3.8) is 0 Å². The van der Waals surface area contributed by atoms with Gasteiger partial charge in [-0.3, -0.25) is 9.59 Å². The molecule has 1 fully saturated rings. The molecule has 0 heterocycles. The minimum absolute atomic E-state index is 0.0892. The lowest BCUT2D eigenvalue weighted by atomic mass is 9.95. The van der Waals surface area contributed by atoms with Crippen LogP contribution in [-0.2, 0) is 16.1 Å². The fourth-order valence-corrected chi connectivity index (χ4v) is 4.48. The van der Waals surface area contributed by atoms with Crippen molar-refractivity contribution in [2.45, 2.75) is 57.7 Å². The molecule has 0 unspecified atom stereocenters. The summed E-state index contributed by atoms with van der Waals surface area (Å²) in [6.07, 6.45) is 5.31. The second kappa shape index (κ2) is 12.1. The molecule has 0 aromatic heterocycles. The van der Waals surface area contributed by atoms with Crippen LogP contribution in [-0.4, -0.2) is 42.5 Å². The minimum atomic E-state index is -0.729. The van der Waals surface area contributed by atoms with Crippen LogP contribution in [0.5, 0.6) is 11.5 Å². The Morgan fingerprint density at radius 2 is 1.67 bits per heavy atom. The first-order chi connectivity index (χ1) is 15.9. The second-order valence-corrected chi connectivity index (χ2v) is 9.00. The molecule has 0 radical (unpaired) electrons. The molecule has 1 atom stereocenters. The lowest BCUT2D eigenvalue weighted by Crippen LogP contribution is -2.51. The fourth-order valence-electron chi connectivity index (χ4n) is 3.97. The molecule has 3 rings (SSSR count). The highest BCUT2D eigenvalue weighted by atomic mass is 35.5. The van der Waals surface area contributed by atoms with Crippen molar-refractivity contribution in [1.82, 2.24) is 10.2 Å². The molecular formula is C25H30Cl2N2O4. The number of hydrogen-bond donors (Lipinski definition) is 1. The van der Waals surface area contributed by atoms with E-state index in [1.54, 1.807) is 43.3 Å². The van der Waals surface area contributed by atoms with Crippen molar-refractivity contribution in [3.8, 4) is 11.5 Å². The number of nitrogens with zero attached hydrogens (tertiary/aromatic N) is 1. The number of nitrogens with one attached hydrogen (secondary N) is 1. The Labute approximate surface area is 205 Å². The molecule has 6 nitrogen and oxygen atoms in total. The summed E-state index contributed by atoms with van der Waals surface area (Å²) in [6.45, 7) is 1.54. The molecule has 2 amide bonds. The van der Waals surface area contributed by atoms with Crippen molar-refractivity contribution in [2.75, 3.05) is 13.7 Å². The van der Waals surface area contributed by atoms with E-state index in [1.807, 2.05) is 6.07 Å². The van der Waals surface area contributed by atoms with E-state index in [1.165, 1.54) is 18.4 Å². The molecule has 0 spiro atoms. The first-order valence-electron chi connectivity index (χ1n) is 11.2. The van der Waals surface area contributed by atoms with Crippen LogP contribution < -0.4 is 14.8 Å². The molecule has 0 saturated heterocycles. The number of halogens is 2. The normalized spacial score (nSPS) is 14.9. The monoisotopic (exact) mass is 492 g/mol. The third kappa shape index (κ3) is 6.78.